The second-order valence-corrected chi connectivity index (χ2v) is 6.11. The second kappa shape index (κ2) is 8.22. The summed E-state index contributed by atoms with van der Waals surface area (Å²) in [7, 11) is 0. The van der Waals surface area contributed by atoms with Crippen LogP contribution in [0.3, 0.4) is 0 Å². The SMILES string of the molecule is CCOCC(NCc1csc(-c2ccccn2)n1)C(C)C. The molecule has 0 radical (unpaired) electrons. The van der Waals surface area contributed by atoms with Gasteiger partial charge in [-0.15, -0.1) is 11.3 Å². The minimum atomic E-state index is 0.352. The van der Waals surface area contributed by atoms with Crippen molar-refractivity contribution in [1.82, 2.24) is 15.3 Å². The molecule has 0 aromatic carbocycles. The van der Waals surface area contributed by atoms with E-state index in [0.717, 1.165) is 36.2 Å². The molecule has 0 fully saturated rings. The molecule has 0 saturated heterocycles. The molecule has 0 saturated carbocycles. The first-order valence-corrected chi connectivity index (χ1v) is 8.25. The Morgan fingerprint density at radius 1 is 1.33 bits per heavy atom. The molecule has 2 heterocycles. The standard InChI is InChI=1S/C16H23N3OS/c1-4-20-10-15(12(2)3)18-9-13-11-21-16(19-13)14-7-5-6-8-17-14/h5-8,11-12,15,18H,4,9-10H2,1-3H3. The molecular weight excluding hydrogens is 282 g/mol. The fourth-order valence-electron chi connectivity index (χ4n) is 1.96. The number of nitrogens with zero attached hydrogens (tertiary/aromatic N) is 2. The predicted molar refractivity (Wildman–Crippen MR) is 87.3 cm³/mol. The number of rotatable bonds is 8. The molecule has 0 aliphatic rings. The molecule has 1 atom stereocenters. The molecule has 0 aliphatic carbocycles. The predicted octanol–water partition coefficient (Wildman–Crippen LogP) is 3.36. The van der Waals surface area contributed by atoms with Gasteiger partial charge in [0.15, 0.2) is 0 Å². The van der Waals surface area contributed by atoms with Crippen LogP contribution in [0.4, 0.5) is 0 Å². The Labute approximate surface area is 130 Å². The molecule has 4 nitrogen and oxygen atoms in total. The third-order valence-corrected chi connectivity index (χ3v) is 4.20. The largest absolute Gasteiger partial charge is 0.380 e. The number of pyridine rings is 1. The summed E-state index contributed by atoms with van der Waals surface area (Å²) < 4.78 is 5.53. The summed E-state index contributed by atoms with van der Waals surface area (Å²) in [6.45, 7) is 8.70. The van der Waals surface area contributed by atoms with Gasteiger partial charge in [-0.05, 0) is 25.0 Å². The zero-order chi connectivity index (χ0) is 15.1. The smallest absolute Gasteiger partial charge is 0.142 e. The maximum absolute atomic E-state index is 5.53. The molecule has 0 bridgehead atoms. The van der Waals surface area contributed by atoms with Gasteiger partial charge in [-0.2, -0.15) is 0 Å². The Balaban J connectivity index is 1.93. The van der Waals surface area contributed by atoms with Crippen LogP contribution in [-0.2, 0) is 11.3 Å². The van der Waals surface area contributed by atoms with Gasteiger partial charge in [-0.3, -0.25) is 4.98 Å². The van der Waals surface area contributed by atoms with E-state index in [4.69, 9.17) is 4.74 Å². The summed E-state index contributed by atoms with van der Waals surface area (Å²) in [5.41, 5.74) is 1.99. The van der Waals surface area contributed by atoms with Gasteiger partial charge < -0.3 is 10.1 Å². The van der Waals surface area contributed by atoms with Crippen molar-refractivity contribution >= 4 is 11.3 Å². The Morgan fingerprint density at radius 3 is 2.86 bits per heavy atom. The molecule has 1 unspecified atom stereocenters. The number of aromatic nitrogens is 2. The fraction of sp³-hybridized carbons (Fsp3) is 0.500. The van der Waals surface area contributed by atoms with Crippen LogP contribution >= 0.6 is 11.3 Å². The first-order valence-electron chi connectivity index (χ1n) is 7.37. The Bertz CT molecular complexity index is 527. The summed E-state index contributed by atoms with van der Waals surface area (Å²) in [6, 6.07) is 6.24. The van der Waals surface area contributed by atoms with Gasteiger partial charge in [0.25, 0.3) is 0 Å². The number of ether oxygens (including phenoxy) is 1. The van der Waals surface area contributed by atoms with Crippen molar-refractivity contribution in [2.45, 2.75) is 33.4 Å². The minimum Gasteiger partial charge on any atom is -0.380 e. The number of thiazole rings is 1. The topological polar surface area (TPSA) is 47.0 Å². The zero-order valence-corrected chi connectivity index (χ0v) is 13.7. The molecule has 5 heteroatoms. The lowest BCUT2D eigenvalue weighted by molar-refractivity contribution is 0.107. The van der Waals surface area contributed by atoms with Crippen LogP contribution in [0.1, 0.15) is 26.5 Å². The van der Waals surface area contributed by atoms with E-state index in [2.05, 4.69) is 34.5 Å². The molecule has 0 amide bonds. The first-order chi connectivity index (χ1) is 10.2. The van der Waals surface area contributed by atoms with E-state index in [1.165, 1.54) is 0 Å². The maximum atomic E-state index is 5.53. The van der Waals surface area contributed by atoms with Crippen molar-refractivity contribution in [2.75, 3.05) is 13.2 Å². The molecule has 0 spiro atoms. The van der Waals surface area contributed by atoms with Gasteiger partial charge in [0.05, 0.1) is 18.0 Å². The molecule has 1 N–H and O–H groups in total. The van der Waals surface area contributed by atoms with Crippen molar-refractivity contribution < 1.29 is 4.74 Å². The summed E-state index contributed by atoms with van der Waals surface area (Å²) in [5, 5.41) is 6.60. The van der Waals surface area contributed by atoms with E-state index in [9.17, 15) is 0 Å². The lowest BCUT2D eigenvalue weighted by atomic mass is 10.1. The molecule has 2 aromatic rings. The zero-order valence-electron chi connectivity index (χ0n) is 12.9. The van der Waals surface area contributed by atoms with E-state index in [-0.39, 0.29) is 0 Å². The van der Waals surface area contributed by atoms with Gasteiger partial charge >= 0.3 is 0 Å². The average molecular weight is 305 g/mol. The van der Waals surface area contributed by atoms with Crippen LogP contribution in [-0.4, -0.2) is 29.2 Å². The quantitative estimate of drug-likeness (QED) is 0.812. The normalized spacial score (nSPS) is 12.8. The average Bonchev–Trinajstić information content (AvgIpc) is 2.97. The highest BCUT2D eigenvalue weighted by atomic mass is 32.1. The Hall–Kier alpha value is -1.30. The van der Waals surface area contributed by atoms with Gasteiger partial charge in [-0.1, -0.05) is 19.9 Å². The Morgan fingerprint density at radius 2 is 2.19 bits per heavy atom. The summed E-state index contributed by atoms with van der Waals surface area (Å²) in [6.07, 6.45) is 1.80. The molecular formula is C16H23N3OS. The molecule has 114 valence electrons. The van der Waals surface area contributed by atoms with Gasteiger partial charge in [-0.25, -0.2) is 4.98 Å². The lowest BCUT2D eigenvalue weighted by Crippen LogP contribution is -2.37. The van der Waals surface area contributed by atoms with Crippen molar-refractivity contribution in [3.8, 4) is 10.7 Å². The summed E-state index contributed by atoms with van der Waals surface area (Å²) >= 11 is 1.64. The highest BCUT2D eigenvalue weighted by Crippen LogP contribution is 2.21. The molecule has 2 aromatic heterocycles. The van der Waals surface area contributed by atoms with Crippen LogP contribution < -0.4 is 5.32 Å². The molecule has 0 aliphatic heterocycles. The Kier molecular flexibility index (Phi) is 6.29. The third kappa shape index (κ3) is 4.88. The number of nitrogens with one attached hydrogen (secondary N) is 1. The molecule has 2 rings (SSSR count). The minimum absolute atomic E-state index is 0.352. The van der Waals surface area contributed by atoms with Crippen LogP contribution in [0.15, 0.2) is 29.8 Å². The number of hydrogen-bond acceptors (Lipinski definition) is 5. The van der Waals surface area contributed by atoms with Gasteiger partial charge in [0, 0.05) is 30.8 Å². The second-order valence-electron chi connectivity index (χ2n) is 5.25. The fourth-order valence-corrected chi connectivity index (χ4v) is 2.76. The van der Waals surface area contributed by atoms with Crippen LogP contribution in [0.25, 0.3) is 10.7 Å². The van der Waals surface area contributed by atoms with E-state index in [1.54, 1.807) is 17.5 Å². The van der Waals surface area contributed by atoms with Crippen LogP contribution in [0, 0.1) is 5.92 Å². The first kappa shape index (κ1) is 16.1. The monoisotopic (exact) mass is 305 g/mol. The van der Waals surface area contributed by atoms with E-state index in [0.29, 0.717) is 12.0 Å². The third-order valence-electron chi connectivity index (χ3n) is 3.29. The van der Waals surface area contributed by atoms with Crippen LogP contribution in [0.2, 0.25) is 0 Å². The summed E-state index contributed by atoms with van der Waals surface area (Å²) in [4.78, 5) is 8.98. The maximum Gasteiger partial charge on any atom is 0.142 e. The van der Waals surface area contributed by atoms with Gasteiger partial charge in [0.2, 0.25) is 0 Å². The van der Waals surface area contributed by atoms with E-state index in [1.807, 2.05) is 25.1 Å². The highest BCUT2D eigenvalue weighted by Gasteiger charge is 2.13. The van der Waals surface area contributed by atoms with Crippen molar-refractivity contribution in [3.63, 3.8) is 0 Å². The number of hydrogen-bond donors (Lipinski definition) is 1. The van der Waals surface area contributed by atoms with Crippen molar-refractivity contribution in [3.05, 3.63) is 35.5 Å². The molecule has 21 heavy (non-hydrogen) atoms. The van der Waals surface area contributed by atoms with Crippen molar-refractivity contribution in [1.29, 1.82) is 0 Å². The highest BCUT2D eigenvalue weighted by molar-refractivity contribution is 7.13. The van der Waals surface area contributed by atoms with Crippen LogP contribution in [0.5, 0.6) is 0 Å². The summed E-state index contributed by atoms with van der Waals surface area (Å²) in [5.74, 6) is 0.533. The lowest BCUT2D eigenvalue weighted by Gasteiger charge is -2.21. The van der Waals surface area contributed by atoms with E-state index >= 15 is 0 Å². The van der Waals surface area contributed by atoms with E-state index < -0.39 is 0 Å². The van der Waals surface area contributed by atoms with Crippen molar-refractivity contribution in [2.24, 2.45) is 5.92 Å². The van der Waals surface area contributed by atoms with Gasteiger partial charge in [0.1, 0.15) is 5.01 Å².